The Morgan fingerprint density at radius 3 is 2.35 bits per heavy atom. The maximum atomic E-state index is 12.2. The van der Waals surface area contributed by atoms with E-state index >= 15 is 0 Å². The van der Waals surface area contributed by atoms with Gasteiger partial charge in [-0.25, -0.2) is 0 Å². The molecule has 1 saturated heterocycles. The normalized spacial score (nSPS) is 25.4. The average molecular weight is 344 g/mol. The highest BCUT2D eigenvalue weighted by Crippen LogP contribution is 2.31. The third-order valence-corrected chi connectivity index (χ3v) is 4.85. The van der Waals surface area contributed by atoms with Crippen molar-refractivity contribution < 1.29 is 27.2 Å². The zero-order valence-corrected chi connectivity index (χ0v) is 14.7. The van der Waals surface area contributed by atoms with E-state index in [1.54, 1.807) is 32.9 Å². The fourth-order valence-electron chi connectivity index (χ4n) is 2.52. The predicted molar refractivity (Wildman–Crippen MR) is 84.4 cm³/mol. The Morgan fingerprint density at radius 1 is 1.22 bits per heavy atom. The maximum absolute atomic E-state index is 12.2. The van der Waals surface area contributed by atoms with Crippen LogP contribution in [0.2, 0.25) is 0 Å². The molecule has 6 nitrogen and oxygen atoms in total. The molecule has 130 valence electrons. The number of hydrogen-bond acceptors (Lipinski definition) is 6. The maximum Gasteiger partial charge on any atom is 0.297 e. The highest BCUT2D eigenvalue weighted by Gasteiger charge is 2.42. The van der Waals surface area contributed by atoms with E-state index in [1.807, 2.05) is 6.92 Å². The number of aliphatic hydroxyl groups is 1. The van der Waals surface area contributed by atoms with Crippen molar-refractivity contribution in [3.8, 4) is 0 Å². The van der Waals surface area contributed by atoms with Gasteiger partial charge in [-0.15, -0.1) is 0 Å². The lowest BCUT2D eigenvalue weighted by molar-refractivity contribution is -0.150. The van der Waals surface area contributed by atoms with Gasteiger partial charge >= 0.3 is 0 Å². The molecule has 0 aromatic heterocycles. The van der Waals surface area contributed by atoms with Gasteiger partial charge in [0.2, 0.25) is 0 Å². The van der Waals surface area contributed by atoms with Gasteiger partial charge in [-0.1, -0.05) is 17.7 Å². The van der Waals surface area contributed by atoms with Gasteiger partial charge in [0.1, 0.15) is 6.10 Å². The summed E-state index contributed by atoms with van der Waals surface area (Å²) in [5, 5.41) is 9.54. The van der Waals surface area contributed by atoms with Crippen molar-refractivity contribution in [3.63, 3.8) is 0 Å². The molecule has 0 bridgehead atoms. The van der Waals surface area contributed by atoms with Crippen LogP contribution in [-0.4, -0.2) is 44.2 Å². The molecule has 1 aromatic rings. The Morgan fingerprint density at radius 2 is 1.78 bits per heavy atom. The molecule has 0 radical (unpaired) electrons. The van der Waals surface area contributed by atoms with E-state index in [9.17, 15) is 13.5 Å². The second-order valence-electron chi connectivity index (χ2n) is 6.35. The van der Waals surface area contributed by atoms with Crippen LogP contribution in [0.25, 0.3) is 0 Å². The van der Waals surface area contributed by atoms with Crippen LogP contribution in [-0.2, 0) is 23.8 Å². The first kappa shape index (κ1) is 18.4. The van der Waals surface area contributed by atoms with Crippen molar-refractivity contribution in [1.29, 1.82) is 0 Å². The fraction of sp³-hybridized carbons (Fsp3) is 0.625. The first-order valence-electron chi connectivity index (χ1n) is 7.59. The summed E-state index contributed by atoms with van der Waals surface area (Å²) in [4.78, 5) is 0.105. The van der Waals surface area contributed by atoms with E-state index < -0.39 is 34.2 Å². The third kappa shape index (κ3) is 4.99. The molecule has 1 aromatic carbocycles. The Hall–Kier alpha value is -0.990. The number of aryl methyl sites for hydroxylation is 1. The van der Waals surface area contributed by atoms with E-state index in [1.165, 1.54) is 12.1 Å². The van der Waals surface area contributed by atoms with Crippen molar-refractivity contribution in [2.24, 2.45) is 0 Å². The monoisotopic (exact) mass is 344 g/mol. The Labute approximate surface area is 137 Å². The summed E-state index contributed by atoms with van der Waals surface area (Å²) in [5.41, 5.74) is 0.968. The van der Waals surface area contributed by atoms with Crippen molar-refractivity contribution in [1.82, 2.24) is 0 Å². The number of hydrogen-bond donors (Lipinski definition) is 1. The minimum Gasteiger partial charge on any atom is -0.393 e. The minimum absolute atomic E-state index is 0.105. The van der Waals surface area contributed by atoms with Gasteiger partial charge in [-0.05, 0) is 39.8 Å². The summed E-state index contributed by atoms with van der Waals surface area (Å²) in [6.07, 6.45) is -1.20. The first-order valence-corrected chi connectivity index (χ1v) is 9.00. The van der Waals surface area contributed by atoms with E-state index in [4.69, 9.17) is 13.7 Å². The Balaban J connectivity index is 2.04. The molecule has 0 saturated carbocycles. The molecule has 1 heterocycles. The van der Waals surface area contributed by atoms with E-state index in [2.05, 4.69) is 0 Å². The van der Waals surface area contributed by atoms with E-state index in [-0.39, 0.29) is 11.5 Å². The van der Waals surface area contributed by atoms with Gasteiger partial charge in [0.15, 0.2) is 5.79 Å². The van der Waals surface area contributed by atoms with E-state index in [0.717, 1.165) is 5.56 Å². The predicted octanol–water partition coefficient (Wildman–Crippen LogP) is 1.99. The van der Waals surface area contributed by atoms with Crippen LogP contribution >= 0.6 is 0 Å². The van der Waals surface area contributed by atoms with E-state index in [0.29, 0.717) is 6.42 Å². The van der Waals surface area contributed by atoms with Crippen LogP contribution in [0.5, 0.6) is 0 Å². The summed E-state index contributed by atoms with van der Waals surface area (Å²) in [7, 11) is -3.85. The molecule has 3 atom stereocenters. The molecule has 0 unspecified atom stereocenters. The topological polar surface area (TPSA) is 82.1 Å². The zero-order chi connectivity index (χ0) is 17.3. The summed E-state index contributed by atoms with van der Waals surface area (Å²) >= 11 is 0. The molecule has 1 aliphatic heterocycles. The summed E-state index contributed by atoms with van der Waals surface area (Å²) < 4.78 is 41.0. The van der Waals surface area contributed by atoms with Crippen LogP contribution in [0.15, 0.2) is 29.2 Å². The third-order valence-electron chi connectivity index (χ3n) is 3.56. The highest BCUT2D eigenvalue weighted by atomic mass is 32.2. The number of aliphatic hydroxyl groups excluding tert-OH is 1. The first-order chi connectivity index (χ1) is 10.6. The number of rotatable bonds is 6. The molecule has 0 aliphatic carbocycles. The van der Waals surface area contributed by atoms with Crippen molar-refractivity contribution in [2.75, 3.05) is 6.61 Å². The second-order valence-corrected chi connectivity index (χ2v) is 7.96. The van der Waals surface area contributed by atoms with Crippen molar-refractivity contribution in [3.05, 3.63) is 29.8 Å². The molecule has 1 N–H and O–H groups in total. The quantitative estimate of drug-likeness (QED) is 0.795. The van der Waals surface area contributed by atoms with Gasteiger partial charge < -0.3 is 14.6 Å². The number of ether oxygens (including phenoxy) is 2. The average Bonchev–Trinajstić information content (AvgIpc) is 2.70. The van der Waals surface area contributed by atoms with Gasteiger partial charge in [0, 0.05) is 6.42 Å². The summed E-state index contributed by atoms with van der Waals surface area (Å²) in [6.45, 7) is 6.86. The summed E-state index contributed by atoms with van der Waals surface area (Å²) in [6, 6.07) is 6.44. The molecule has 7 heteroatoms. The van der Waals surface area contributed by atoms with Crippen LogP contribution in [0, 0.1) is 6.92 Å². The van der Waals surface area contributed by atoms with Crippen LogP contribution < -0.4 is 0 Å². The lowest BCUT2D eigenvalue weighted by Crippen LogP contribution is -2.31. The van der Waals surface area contributed by atoms with Gasteiger partial charge in [-0.3, -0.25) is 4.18 Å². The second kappa shape index (κ2) is 6.86. The largest absolute Gasteiger partial charge is 0.393 e. The zero-order valence-electron chi connectivity index (χ0n) is 13.9. The molecule has 2 rings (SSSR count). The molecule has 23 heavy (non-hydrogen) atoms. The molecular weight excluding hydrogens is 320 g/mol. The molecule has 0 spiro atoms. The minimum atomic E-state index is -3.85. The molecule has 1 fully saturated rings. The summed E-state index contributed by atoms with van der Waals surface area (Å²) in [5.74, 6) is -0.832. The SMILES string of the molecule is Cc1ccc(S(=O)(=O)OC[C@@H]2OC(C)(C)O[C@@H]2C[C@@H](C)O)cc1. The smallest absolute Gasteiger partial charge is 0.297 e. The Bertz CT molecular complexity index is 620. The lowest BCUT2D eigenvalue weighted by Gasteiger charge is -2.18. The van der Waals surface area contributed by atoms with Crippen molar-refractivity contribution in [2.45, 2.75) is 63.1 Å². The van der Waals surface area contributed by atoms with Crippen LogP contribution in [0.4, 0.5) is 0 Å². The molecule has 1 aliphatic rings. The highest BCUT2D eigenvalue weighted by molar-refractivity contribution is 7.86. The van der Waals surface area contributed by atoms with Crippen LogP contribution in [0.3, 0.4) is 0 Å². The van der Waals surface area contributed by atoms with Crippen molar-refractivity contribution >= 4 is 10.1 Å². The lowest BCUT2D eigenvalue weighted by atomic mass is 10.1. The number of benzene rings is 1. The molecular formula is C16H24O6S. The van der Waals surface area contributed by atoms with Gasteiger partial charge in [-0.2, -0.15) is 8.42 Å². The van der Waals surface area contributed by atoms with Gasteiger partial charge in [0.05, 0.1) is 23.7 Å². The Kier molecular flexibility index (Phi) is 5.48. The van der Waals surface area contributed by atoms with Gasteiger partial charge in [0.25, 0.3) is 10.1 Å². The van der Waals surface area contributed by atoms with Crippen LogP contribution in [0.1, 0.15) is 32.8 Å². The standard InChI is InChI=1S/C16H24O6S/c1-11-5-7-13(8-6-11)23(18,19)20-10-15-14(9-12(2)17)21-16(3,4)22-15/h5-8,12,14-15,17H,9-10H2,1-4H3/t12-,14-,15+/m1/s1. The molecule has 0 amide bonds. The fourth-order valence-corrected chi connectivity index (χ4v) is 3.43.